The zero-order chi connectivity index (χ0) is 15.6. The van der Waals surface area contributed by atoms with E-state index in [0.29, 0.717) is 5.56 Å². The number of hydrogen-bond acceptors (Lipinski definition) is 5. The Balaban J connectivity index is 2.27. The van der Waals surface area contributed by atoms with Gasteiger partial charge in [0, 0.05) is 29.8 Å². The van der Waals surface area contributed by atoms with Crippen LogP contribution in [0.1, 0.15) is 28.8 Å². The summed E-state index contributed by atoms with van der Waals surface area (Å²) < 4.78 is 0. The summed E-state index contributed by atoms with van der Waals surface area (Å²) >= 11 is 0. The number of amides is 1. The quantitative estimate of drug-likeness (QED) is 0.564. The van der Waals surface area contributed by atoms with Gasteiger partial charge in [0.1, 0.15) is 0 Å². The third-order valence-corrected chi connectivity index (χ3v) is 3.34. The largest absolute Gasteiger partial charge is 0.480 e. The molecule has 0 atom stereocenters. The van der Waals surface area contributed by atoms with Gasteiger partial charge in [0.2, 0.25) is 5.91 Å². The summed E-state index contributed by atoms with van der Waals surface area (Å²) in [7, 11) is 0. The Morgan fingerprint density at radius 1 is 1.43 bits per heavy atom. The summed E-state index contributed by atoms with van der Waals surface area (Å²) in [5.41, 5.74) is 5.32. The van der Waals surface area contributed by atoms with E-state index >= 15 is 0 Å². The fourth-order valence-electron chi connectivity index (χ4n) is 2.17. The monoisotopic (exact) mass is 293 g/mol. The van der Waals surface area contributed by atoms with Crippen LogP contribution >= 0.6 is 0 Å². The molecule has 0 spiro atoms. The standard InChI is InChI=1S/C13H15N3O5/c14-13(19)8-1-2-9(11(5-8)16(20)21)6-15(7-12(17)18)10-3-4-10/h1-2,5,10H,3-4,6-7H2,(H2,14,19)(H,17,18). The molecule has 1 aliphatic carbocycles. The van der Waals surface area contributed by atoms with Gasteiger partial charge in [-0.1, -0.05) is 6.07 Å². The topological polar surface area (TPSA) is 127 Å². The van der Waals surface area contributed by atoms with Gasteiger partial charge in [0.15, 0.2) is 0 Å². The van der Waals surface area contributed by atoms with E-state index in [2.05, 4.69) is 0 Å². The van der Waals surface area contributed by atoms with Gasteiger partial charge < -0.3 is 10.8 Å². The minimum absolute atomic E-state index is 0.0571. The molecule has 1 aliphatic rings. The van der Waals surface area contributed by atoms with Crippen molar-refractivity contribution in [2.75, 3.05) is 6.54 Å². The smallest absolute Gasteiger partial charge is 0.317 e. The zero-order valence-electron chi connectivity index (χ0n) is 11.2. The van der Waals surface area contributed by atoms with Gasteiger partial charge in [-0.15, -0.1) is 0 Å². The second-order valence-corrected chi connectivity index (χ2v) is 4.99. The molecule has 0 bridgehead atoms. The van der Waals surface area contributed by atoms with Crippen LogP contribution in [-0.2, 0) is 11.3 Å². The average molecular weight is 293 g/mol. The summed E-state index contributed by atoms with van der Waals surface area (Å²) in [4.78, 5) is 34.1. The highest BCUT2D eigenvalue weighted by Crippen LogP contribution is 2.30. The Bertz CT molecular complexity index is 597. The number of nitrogens with zero attached hydrogens (tertiary/aromatic N) is 2. The summed E-state index contributed by atoms with van der Waals surface area (Å²) in [6.07, 6.45) is 1.78. The van der Waals surface area contributed by atoms with Crippen molar-refractivity contribution in [3.63, 3.8) is 0 Å². The van der Waals surface area contributed by atoms with E-state index in [-0.39, 0.29) is 30.4 Å². The molecule has 8 heteroatoms. The third kappa shape index (κ3) is 3.76. The number of rotatable bonds is 7. The lowest BCUT2D eigenvalue weighted by atomic mass is 10.1. The second-order valence-electron chi connectivity index (χ2n) is 4.99. The van der Waals surface area contributed by atoms with Gasteiger partial charge in [-0.2, -0.15) is 0 Å². The molecule has 1 saturated carbocycles. The highest BCUT2D eigenvalue weighted by Gasteiger charge is 2.31. The number of carbonyl (C=O) groups excluding carboxylic acids is 1. The molecule has 0 aromatic heterocycles. The normalized spacial score (nSPS) is 14.1. The van der Waals surface area contributed by atoms with Crippen LogP contribution in [0.3, 0.4) is 0 Å². The number of primary amides is 1. The maximum atomic E-state index is 11.1. The Morgan fingerprint density at radius 2 is 2.10 bits per heavy atom. The van der Waals surface area contributed by atoms with E-state index < -0.39 is 16.8 Å². The maximum Gasteiger partial charge on any atom is 0.317 e. The van der Waals surface area contributed by atoms with E-state index in [4.69, 9.17) is 10.8 Å². The number of carbonyl (C=O) groups is 2. The second kappa shape index (κ2) is 5.88. The van der Waals surface area contributed by atoms with Crippen LogP contribution in [0.5, 0.6) is 0 Å². The Labute approximate surface area is 120 Å². The molecule has 0 aliphatic heterocycles. The number of aliphatic carboxylic acids is 1. The van der Waals surface area contributed by atoms with Crippen molar-refractivity contribution >= 4 is 17.6 Å². The Morgan fingerprint density at radius 3 is 2.57 bits per heavy atom. The predicted octanol–water partition coefficient (Wildman–Crippen LogP) is 0.743. The molecule has 1 amide bonds. The summed E-state index contributed by atoms with van der Waals surface area (Å²) in [5, 5.41) is 20.0. The van der Waals surface area contributed by atoms with Crippen molar-refractivity contribution in [2.45, 2.75) is 25.4 Å². The van der Waals surface area contributed by atoms with E-state index in [1.165, 1.54) is 12.1 Å². The first-order chi connectivity index (χ1) is 9.88. The first-order valence-corrected chi connectivity index (χ1v) is 6.41. The summed E-state index contributed by atoms with van der Waals surface area (Å²) in [6, 6.07) is 4.15. The maximum absolute atomic E-state index is 11.1. The van der Waals surface area contributed by atoms with E-state index in [1.807, 2.05) is 0 Å². The third-order valence-electron chi connectivity index (χ3n) is 3.34. The number of nitrogens with two attached hydrogens (primary N) is 1. The van der Waals surface area contributed by atoms with Crippen LogP contribution in [-0.4, -0.2) is 39.4 Å². The van der Waals surface area contributed by atoms with Gasteiger partial charge in [-0.3, -0.25) is 24.6 Å². The zero-order valence-corrected chi connectivity index (χ0v) is 11.2. The highest BCUT2D eigenvalue weighted by atomic mass is 16.6. The Kier molecular flexibility index (Phi) is 4.18. The van der Waals surface area contributed by atoms with Crippen LogP contribution < -0.4 is 5.73 Å². The lowest BCUT2D eigenvalue weighted by Gasteiger charge is -2.19. The molecule has 0 heterocycles. The van der Waals surface area contributed by atoms with Crippen molar-refractivity contribution in [1.29, 1.82) is 0 Å². The molecule has 0 saturated heterocycles. The van der Waals surface area contributed by atoms with Crippen LogP contribution in [0.15, 0.2) is 18.2 Å². The highest BCUT2D eigenvalue weighted by molar-refractivity contribution is 5.93. The number of benzene rings is 1. The Hall–Kier alpha value is -2.48. The van der Waals surface area contributed by atoms with Crippen LogP contribution in [0.4, 0.5) is 5.69 Å². The molecule has 2 rings (SSSR count). The van der Waals surface area contributed by atoms with Gasteiger partial charge in [0.05, 0.1) is 11.5 Å². The van der Waals surface area contributed by atoms with Crippen LogP contribution in [0.25, 0.3) is 0 Å². The fraction of sp³-hybridized carbons (Fsp3) is 0.385. The summed E-state index contributed by atoms with van der Waals surface area (Å²) in [5.74, 6) is -1.72. The lowest BCUT2D eigenvalue weighted by Crippen LogP contribution is -2.31. The molecule has 3 N–H and O–H groups in total. The van der Waals surface area contributed by atoms with Crippen molar-refractivity contribution in [3.05, 3.63) is 39.4 Å². The molecule has 1 aromatic rings. The van der Waals surface area contributed by atoms with Crippen LogP contribution in [0, 0.1) is 10.1 Å². The minimum atomic E-state index is -0.974. The molecule has 0 radical (unpaired) electrons. The first kappa shape index (κ1) is 14.9. The van der Waals surface area contributed by atoms with Crippen molar-refractivity contribution < 1.29 is 19.6 Å². The van der Waals surface area contributed by atoms with Gasteiger partial charge >= 0.3 is 5.97 Å². The molecule has 112 valence electrons. The van der Waals surface area contributed by atoms with Crippen molar-refractivity contribution in [3.8, 4) is 0 Å². The number of hydrogen-bond donors (Lipinski definition) is 2. The molecule has 8 nitrogen and oxygen atoms in total. The SMILES string of the molecule is NC(=O)c1ccc(CN(CC(=O)O)C2CC2)c([N+](=O)[O-])c1. The van der Waals surface area contributed by atoms with Gasteiger partial charge in [0.25, 0.3) is 5.69 Å². The van der Waals surface area contributed by atoms with Crippen LogP contribution in [0.2, 0.25) is 0 Å². The molecule has 0 unspecified atom stereocenters. The fourth-order valence-corrected chi connectivity index (χ4v) is 2.17. The molecule has 21 heavy (non-hydrogen) atoms. The van der Waals surface area contributed by atoms with Crippen molar-refractivity contribution in [1.82, 2.24) is 4.90 Å². The molecule has 1 fully saturated rings. The first-order valence-electron chi connectivity index (χ1n) is 6.41. The average Bonchev–Trinajstić information content (AvgIpc) is 3.21. The van der Waals surface area contributed by atoms with E-state index in [1.54, 1.807) is 4.90 Å². The number of nitro groups is 1. The predicted molar refractivity (Wildman–Crippen MR) is 72.7 cm³/mol. The van der Waals surface area contributed by atoms with E-state index in [0.717, 1.165) is 18.9 Å². The minimum Gasteiger partial charge on any atom is -0.480 e. The van der Waals surface area contributed by atoms with Crippen molar-refractivity contribution in [2.24, 2.45) is 5.73 Å². The summed E-state index contributed by atoms with van der Waals surface area (Å²) in [6.45, 7) is -0.00822. The van der Waals surface area contributed by atoms with Gasteiger partial charge in [-0.25, -0.2) is 0 Å². The lowest BCUT2D eigenvalue weighted by molar-refractivity contribution is -0.385. The number of nitro benzene ring substituents is 1. The number of carboxylic acids is 1. The molecular formula is C13H15N3O5. The number of carboxylic acid groups (broad SMARTS) is 1. The molecule has 1 aromatic carbocycles. The van der Waals surface area contributed by atoms with Gasteiger partial charge in [-0.05, 0) is 18.9 Å². The van der Waals surface area contributed by atoms with E-state index in [9.17, 15) is 19.7 Å². The molecular weight excluding hydrogens is 278 g/mol.